The van der Waals surface area contributed by atoms with E-state index in [0.717, 1.165) is 17.1 Å². The maximum atomic E-state index is 11.7. The van der Waals surface area contributed by atoms with E-state index in [1.807, 2.05) is 38.1 Å². The Labute approximate surface area is 124 Å². The molecule has 2 aromatic rings. The highest BCUT2D eigenvalue weighted by Crippen LogP contribution is 2.17. The lowest BCUT2D eigenvalue weighted by atomic mass is 10.2. The molecule has 110 valence electrons. The predicted molar refractivity (Wildman–Crippen MR) is 83.1 cm³/mol. The molecule has 0 bridgehead atoms. The molecule has 0 radical (unpaired) electrons. The highest BCUT2D eigenvalue weighted by Gasteiger charge is 2.07. The fourth-order valence-corrected chi connectivity index (χ4v) is 1.71. The van der Waals surface area contributed by atoms with Gasteiger partial charge in [-0.3, -0.25) is 9.78 Å². The van der Waals surface area contributed by atoms with Crippen LogP contribution in [0, 0.1) is 5.92 Å². The molecule has 0 aliphatic carbocycles. The van der Waals surface area contributed by atoms with Crippen LogP contribution in [0.4, 0.5) is 11.4 Å². The van der Waals surface area contributed by atoms with Gasteiger partial charge in [0.05, 0.1) is 18.4 Å². The Morgan fingerprint density at radius 3 is 2.67 bits per heavy atom. The van der Waals surface area contributed by atoms with Crippen molar-refractivity contribution in [2.24, 2.45) is 5.92 Å². The Morgan fingerprint density at radius 1 is 1.24 bits per heavy atom. The summed E-state index contributed by atoms with van der Waals surface area (Å²) < 4.78 is 0. The minimum Gasteiger partial charge on any atom is -0.506 e. The van der Waals surface area contributed by atoms with Gasteiger partial charge in [-0.1, -0.05) is 19.9 Å². The summed E-state index contributed by atoms with van der Waals surface area (Å²) >= 11 is 0. The second kappa shape index (κ2) is 6.74. The molecule has 5 heteroatoms. The summed E-state index contributed by atoms with van der Waals surface area (Å²) in [5.74, 6) is 0.0901. The van der Waals surface area contributed by atoms with Gasteiger partial charge in [-0.15, -0.1) is 0 Å². The van der Waals surface area contributed by atoms with Crippen molar-refractivity contribution in [1.82, 2.24) is 4.98 Å². The zero-order chi connectivity index (χ0) is 15.2. The van der Waals surface area contributed by atoms with Gasteiger partial charge in [0.25, 0.3) is 0 Å². The van der Waals surface area contributed by atoms with Crippen LogP contribution in [0.1, 0.15) is 19.5 Å². The number of nitrogens with one attached hydrogen (secondary N) is 2. The number of nitrogens with zero attached hydrogens (tertiary/aromatic N) is 1. The van der Waals surface area contributed by atoms with E-state index in [-0.39, 0.29) is 17.6 Å². The van der Waals surface area contributed by atoms with Crippen molar-refractivity contribution >= 4 is 17.3 Å². The van der Waals surface area contributed by atoms with Crippen molar-refractivity contribution < 1.29 is 9.90 Å². The monoisotopic (exact) mass is 285 g/mol. The molecule has 21 heavy (non-hydrogen) atoms. The first-order valence-electron chi connectivity index (χ1n) is 6.83. The zero-order valence-corrected chi connectivity index (χ0v) is 12.1. The van der Waals surface area contributed by atoms with Crippen LogP contribution in [0.3, 0.4) is 0 Å². The summed E-state index contributed by atoms with van der Waals surface area (Å²) in [5, 5.41) is 15.3. The molecule has 0 fully saturated rings. The Bertz CT molecular complexity index is 609. The number of carbonyl (C=O) groups excluding carboxylic acids is 1. The van der Waals surface area contributed by atoms with Crippen LogP contribution in [-0.4, -0.2) is 16.0 Å². The SMILES string of the molecule is CC(C)C(=O)Nc1cccc(NCc2ccc(O)cn2)c1. The van der Waals surface area contributed by atoms with Crippen molar-refractivity contribution in [3.05, 3.63) is 48.3 Å². The summed E-state index contributed by atoms with van der Waals surface area (Å²) in [6.45, 7) is 4.25. The molecular weight excluding hydrogens is 266 g/mol. The standard InChI is InChI=1S/C16H19N3O2/c1-11(2)16(21)19-13-5-3-4-12(8-13)17-9-14-6-7-15(20)10-18-14/h3-8,10-11,17,20H,9H2,1-2H3,(H,19,21). The fraction of sp³-hybridized carbons (Fsp3) is 0.250. The van der Waals surface area contributed by atoms with E-state index in [1.54, 1.807) is 12.1 Å². The molecule has 0 aliphatic heterocycles. The van der Waals surface area contributed by atoms with E-state index < -0.39 is 0 Å². The fourth-order valence-electron chi connectivity index (χ4n) is 1.71. The number of hydrogen-bond donors (Lipinski definition) is 3. The average molecular weight is 285 g/mol. The molecule has 1 aromatic heterocycles. The van der Waals surface area contributed by atoms with E-state index in [9.17, 15) is 9.90 Å². The topological polar surface area (TPSA) is 74.2 Å². The molecule has 0 saturated heterocycles. The van der Waals surface area contributed by atoms with Crippen LogP contribution in [0.15, 0.2) is 42.6 Å². The average Bonchev–Trinajstić information content (AvgIpc) is 2.47. The van der Waals surface area contributed by atoms with Crippen molar-refractivity contribution in [2.45, 2.75) is 20.4 Å². The highest BCUT2D eigenvalue weighted by molar-refractivity contribution is 5.92. The number of hydrogen-bond acceptors (Lipinski definition) is 4. The molecule has 0 spiro atoms. The number of pyridine rings is 1. The van der Waals surface area contributed by atoms with Crippen molar-refractivity contribution in [3.63, 3.8) is 0 Å². The molecule has 5 nitrogen and oxygen atoms in total. The third-order valence-corrected chi connectivity index (χ3v) is 2.94. The van der Waals surface area contributed by atoms with Gasteiger partial charge in [-0.2, -0.15) is 0 Å². The Kier molecular flexibility index (Phi) is 4.77. The zero-order valence-electron chi connectivity index (χ0n) is 12.1. The lowest BCUT2D eigenvalue weighted by molar-refractivity contribution is -0.118. The van der Waals surface area contributed by atoms with E-state index in [1.165, 1.54) is 6.20 Å². The summed E-state index contributed by atoms with van der Waals surface area (Å²) in [7, 11) is 0. The predicted octanol–water partition coefficient (Wildman–Crippen LogP) is 2.99. The Hall–Kier alpha value is -2.56. The number of aromatic nitrogens is 1. The second-order valence-corrected chi connectivity index (χ2v) is 5.09. The molecule has 1 amide bonds. The number of anilines is 2. The highest BCUT2D eigenvalue weighted by atomic mass is 16.3. The third kappa shape index (κ3) is 4.49. The van der Waals surface area contributed by atoms with Crippen molar-refractivity contribution in [1.29, 1.82) is 0 Å². The number of carbonyl (C=O) groups is 1. The van der Waals surface area contributed by atoms with E-state index in [0.29, 0.717) is 6.54 Å². The molecule has 3 N–H and O–H groups in total. The van der Waals surface area contributed by atoms with Crippen LogP contribution in [0.2, 0.25) is 0 Å². The van der Waals surface area contributed by atoms with Gasteiger partial charge in [-0.05, 0) is 30.3 Å². The molecule has 0 unspecified atom stereocenters. The number of aromatic hydroxyl groups is 1. The summed E-state index contributed by atoms with van der Waals surface area (Å²) in [4.78, 5) is 15.8. The molecule has 0 aliphatic rings. The first-order valence-corrected chi connectivity index (χ1v) is 6.83. The van der Waals surface area contributed by atoms with Gasteiger partial charge in [0, 0.05) is 17.3 Å². The lowest BCUT2D eigenvalue weighted by Crippen LogP contribution is -2.17. The van der Waals surface area contributed by atoms with E-state index in [2.05, 4.69) is 15.6 Å². The van der Waals surface area contributed by atoms with Crippen LogP contribution < -0.4 is 10.6 Å². The molecular formula is C16H19N3O2. The van der Waals surface area contributed by atoms with Gasteiger partial charge in [0.15, 0.2) is 0 Å². The maximum absolute atomic E-state index is 11.7. The van der Waals surface area contributed by atoms with Gasteiger partial charge in [-0.25, -0.2) is 0 Å². The first kappa shape index (κ1) is 14.8. The molecule has 1 aromatic carbocycles. The quantitative estimate of drug-likeness (QED) is 0.789. The van der Waals surface area contributed by atoms with Gasteiger partial charge < -0.3 is 15.7 Å². The van der Waals surface area contributed by atoms with Crippen molar-refractivity contribution in [2.75, 3.05) is 10.6 Å². The minimum absolute atomic E-state index is 0.00708. The van der Waals surface area contributed by atoms with E-state index in [4.69, 9.17) is 0 Å². The first-order chi connectivity index (χ1) is 10.0. The summed E-state index contributed by atoms with van der Waals surface area (Å²) in [6.07, 6.45) is 1.41. The molecule has 1 heterocycles. The Morgan fingerprint density at radius 2 is 2.00 bits per heavy atom. The smallest absolute Gasteiger partial charge is 0.226 e. The maximum Gasteiger partial charge on any atom is 0.226 e. The number of rotatable bonds is 5. The molecule has 2 rings (SSSR count). The second-order valence-electron chi connectivity index (χ2n) is 5.09. The summed E-state index contributed by atoms with van der Waals surface area (Å²) in [5.41, 5.74) is 2.48. The lowest BCUT2D eigenvalue weighted by Gasteiger charge is -2.10. The van der Waals surface area contributed by atoms with Crippen LogP contribution in [-0.2, 0) is 11.3 Å². The number of benzene rings is 1. The van der Waals surface area contributed by atoms with Crippen LogP contribution >= 0.6 is 0 Å². The van der Waals surface area contributed by atoms with Crippen LogP contribution in [0.5, 0.6) is 5.75 Å². The third-order valence-electron chi connectivity index (χ3n) is 2.94. The van der Waals surface area contributed by atoms with E-state index >= 15 is 0 Å². The van der Waals surface area contributed by atoms with Gasteiger partial charge in [0.1, 0.15) is 5.75 Å². The largest absolute Gasteiger partial charge is 0.506 e. The molecule has 0 atom stereocenters. The van der Waals surface area contributed by atoms with Crippen molar-refractivity contribution in [3.8, 4) is 5.75 Å². The van der Waals surface area contributed by atoms with Crippen LogP contribution in [0.25, 0.3) is 0 Å². The Balaban J connectivity index is 1.97. The van der Waals surface area contributed by atoms with Gasteiger partial charge >= 0.3 is 0 Å². The van der Waals surface area contributed by atoms with Gasteiger partial charge in [0.2, 0.25) is 5.91 Å². The normalized spacial score (nSPS) is 10.4. The summed E-state index contributed by atoms with van der Waals surface area (Å²) in [6, 6.07) is 10.9. The number of amides is 1. The minimum atomic E-state index is -0.0530. The molecule has 0 saturated carbocycles.